The number of rotatable bonds is 1. The van der Waals surface area contributed by atoms with E-state index in [4.69, 9.17) is 17.0 Å². The minimum Gasteiger partial charge on any atom is -0.491 e. The van der Waals surface area contributed by atoms with Crippen molar-refractivity contribution >= 4 is 23.0 Å². The predicted molar refractivity (Wildman–Crippen MR) is 85.0 cm³/mol. The van der Waals surface area contributed by atoms with E-state index in [1.54, 1.807) is 0 Å². The van der Waals surface area contributed by atoms with E-state index < -0.39 is 0 Å². The van der Waals surface area contributed by atoms with Gasteiger partial charge in [0.1, 0.15) is 12.4 Å². The molecular formula is C16H16N2OS. The van der Waals surface area contributed by atoms with Crippen LogP contribution in [0.15, 0.2) is 54.6 Å². The summed E-state index contributed by atoms with van der Waals surface area (Å²) in [5.41, 5.74) is 2.18. The first-order chi connectivity index (χ1) is 9.83. The van der Waals surface area contributed by atoms with Gasteiger partial charge in [-0.1, -0.05) is 36.4 Å². The maximum absolute atomic E-state index is 5.75. The quantitative estimate of drug-likeness (QED) is 0.812. The van der Waals surface area contributed by atoms with Crippen LogP contribution in [0.2, 0.25) is 0 Å². The number of hydrogen-bond acceptors (Lipinski definition) is 2. The topological polar surface area (TPSA) is 24.5 Å². The Hall–Kier alpha value is -2.07. The average molecular weight is 284 g/mol. The molecule has 0 unspecified atom stereocenters. The Bertz CT molecular complexity index is 600. The number of hydrogen-bond donors (Lipinski definition) is 1. The van der Waals surface area contributed by atoms with Gasteiger partial charge in [0.05, 0.1) is 6.54 Å². The summed E-state index contributed by atoms with van der Waals surface area (Å²) in [5, 5.41) is 4.00. The molecule has 0 amide bonds. The molecule has 4 heteroatoms. The van der Waals surface area contributed by atoms with Gasteiger partial charge in [0.15, 0.2) is 5.11 Å². The number of para-hydroxylation sites is 2. The van der Waals surface area contributed by atoms with Crippen molar-refractivity contribution in [1.82, 2.24) is 4.90 Å². The summed E-state index contributed by atoms with van der Waals surface area (Å²) in [6.45, 7) is 2.20. The molecule has 1 heterocycles. The van der Waals surface area contributed by atoms with E-state index >= 15 is 0 Å². The van der Waals surface area contributed by atoms with E-state index in [0.29, 0.717) is 6.61 Å². The largest absolute Gasteiger partial charge is 0.491 e. The Balaban J connectivity index is 1.73. The standard InChI is InChI=1S/C16H16N2OS/c20-16(17-14-7-2-1-3-8-14)18-10-11-19-15-9-5-4-6-13(15)12-18/h1-9H,10-12H2,(H,17,20). The van der Waals surface area contributed by atoms with E-state index in [0.717, 1.165) is 29.6 Å². The normalized spacial score (nSPS) is 13.9. The van der Waals surface area contributed by atoms with E-state index in [9.17, 15) is 0 Å². The lowest BCUT2D eigenvalue weighted by molar-refractivity contribution is 0.291. The highest BCUT2D eigenvalue weighted by atomic mass is 32.1. The third-order valence-corrected chi connectivity index (χ3v) is 3.63. The summed E-state index contributed by atoms with van der Waals surface area (Å²) in [6.07, 6.45) is 0. The number of nitrogens with zero attached hydrogens (tertiary/aromatic N) is 1. The molecule has 0 fully saturated rings. The molecule has 20 heavy (non-hydrogen) atoms. The molecule has 2 aromatic carbocycles. The van der Waals surface area contributed by atoms with E-state index in [1.807, 2.05) is 48.5 Å². The van der Waals surface area contributed by atoms with Gasteiger partial charge in [-0.15, -0.1) is 0 Å². The summed E-state index contributed by atoms with van der Waals surface area (Å²) in [6, 6.07) is 18.1. The molecule has 3 rings (SSSR count). The highest BCUT2D eigenvalue weighted by Crippen LogP contribution is 2.22. The minimum absolute atomic E-state index is 0.646. The van der Waals surface area contributed by atoms with Crippen LogP contribution in [0, 0.1) is 0 Å². The van der Waals surface area contributed by atoms with E-state index in [1.165, 1.54) is 5.56 Å². The van der Waals surface area contributed by atoms with Crippen LogP contribution < -0.4 is 10.1 Å². The summed E-state index contributed by atoms with van der Waals surface area (Å²) >= 11 is 5.50. The van der Waals surface area contributed by atoms with Crippen molar-refractivity contribution in [2.75, 3.05) is 18.5 Å². The van der Waals surface area contributed by atoms with Gasteiger partial charge in [0.2, 0.25) is 0 Å². The Morgan fingerprint density at radius 1 is 1.05 bits per heavy atom. The summed E-state index contributed by atoms with van der Waals surface area (Å²) in [7, 11) is 0. The van der Waals surface area contributed by atoms with Crippen LogP contribution in [0.5, 0.6) is 5.75 Å². The third kappa shape index (κ3) is 2.91. The summed E-state index contributed by atoms with van der Waals surface area (Å²) in [5.74, 6) is 0.956. The van der Waals surface area contributed by atoms with Gasteiger partial charge in [-0.3, -0.25) is 0 Å². The lowest BCUT2D eigenvalue weighted by Crippen LogP contribution is -2.35. The Morgan fingerprint density at radius 2 is 1.80 bits per heavy atom. The second-order valence-corrected chi connectivity index (χ2v) is 5.06. The van der Waals surface area contributed by atoms with E-state index in [2.05, 4.69) is 16.3 Å². The fourth-order valence-electron chi connectivity index (χ4n) is 2.22. The molecule has 1 N–H and O–H groups in total. The second kappa shape index (κ2) is 5.92. The van der Waals surface area contributed by atoms with Crippen LogP contribution >= 0.6 is 12.2 Å². The molecule has 0 bridgehead atoms. The molecule has 1 aliphatic rings. The lowest BCUT2D eigenvalue weighted by atomic mass is 10.2. The molecule has 102 valence electrons. The first-order valence-corrected chi connectivity index (χ1v) is 7.05. The number of thiocarbonyl (C=S) groups is 1. The molecule has 3 nitrogen and oxygen atoms in total. The average Bonchev–Trinajstić information content (AvgIpc) is 2.70. The predicted octanol–water partition coefficient (Wildman–Crippen LogP) is 3.28. The van der Waals surface area contributed by atoms with Gasteiger partial charge in [-0.2, -0.15) is 0 Å². The maximum Gasteiger partial charge on any atom is 0.173 e. The van der Waals surface area contributed by atoms with Crippen molar-refractivity contribution in [2.45, 2.75) is 6.54 Å². The maximum atomic E-state index is 5.75. The zero-order valence-corrected chi connectivity index (χ0v) is 11.9. The zero-order chi connectivity index (χ0) is 13.8. The number of nitrogens with one attached hydrogen (secondary N) is 1. The fourth-order valence-corrected chi connectivity index (χ4v) is 2.50. The molecule has 0 aliphatic carbocycles. The SMILES string of the molecule is S=C(Nc1ccccc1)N1CCOc2ccccc2C1. The van der Waals surface area contributed by atoms with Crippen LogP contribution in [0.4, 0.5) is 5.69 Å². The van der Waals surface area contributed by atoms with Crippen molar-refractivity contribution in [1.29, 1.82) is 0 Å². The number of ether oxygens (including phenoxy) is 1. The first kappa shape index (κ1) is 12.9. The Kier molecular flexibility index (Phi) is 3.83. The highest BCUT2D eigenvalue weighted by Gasteiger charge is 2.16. The fraction of sp³-hybridized carbons (Fsp3) is 0.188. The minimum atomic E-state index is 0.646. The lowest BCUT2D eigenvalue weighted by Gasteiger charge is -2.23. The van der Waals surface area contributed by atoms with Crippen LogP contribution in [0.25, 0.3) is 0 Å². The van der Waals surface area contributed by atoms with Gasteiger partial charge in [-0.25, -0.2) is 0 Å². The molecular weight excluding hydrogens is 268 g/mol. The molecule has 0 saturated heterocycles. The smallest absolute Gasteiger partial charge is 0.173 e. The van der Waals surface area contributed by atoms with Crippen LogP contribution in [-0.2, 0) is 6.54 Å². The van der Waals surface area contributed by atoms with Crippen LogP contribution in [-0.4, -0.2) is 23.2 Å². The Morgan fingerprint density at radius 3 is 2.65 bits per heavy atom. The van der Waals surface area contributed by atoms with Gasteiger partial charge >= 0.3 is 0 Å². The second-order valence-electron chi connectivity index (χ2n) is 4.67. The van der Waals surface area contributed by atoms with Gasteiger partial charge in [0.25, 0.3) is 0 Å². The van der Waals surface area contributed by atoms with Gasteiger partial charge in [-0.05, 0) is 30.4 Å². The molecule has 0 saturated carbocycles. The first-order valence-electron chi connectivity index (χ1n) is 6.64. The molecule has 2 aromatic rings. The number of fused-ring (bicyclic) bond motifs is 1. The van der Waals surface area contributed by atoms with E-state index in [-0.39, 0.29) is 0 Å². The molecule has 0 spiro atoms. The number of benzene rings is 2. The van der Waals surface area contributed by atoms with Crippen molar-refractivity contribution < 1.29 is 4.74 Å². The molecule has 0 atom stereocenters. The molecule has 0 radical (unpaired) electrons. The van der Waals surface area contributed by atoms with Crippen molar-refractivity contribution in [2.24, 2.45) is 0 Å². The summed E-state index contributed by atoms with van der Waals surface area (Å²) < 4.78 is 5.75. The molecule has 1 aliphatic heterocycles. The van der Waals surface area contributed by atoms with Crippen molar-refractivity contribution in [3.63, 3.8) is 0 Å². The monoisotopic (exact) mass is 284 g/mol. The number of anilines is 1. The zero-order valence-electron chi connectivity index (χ0n) is 11.1. The van der Waals surface area contributed by atoms with Crippen LogP contribution in [0.1, 0.15) is 5.56 Å². The third-order valence-electron chi connectivity index (χ3n) is 3.26. The van der Waals surface area contributed by atoms with Crippen molar-refractivity contribution in [3.8, 4) is 5.75 Å². The van der Waals surface area contributed by atoms with Crippen LogP contribution in [0.3, 0.4) is 0 Å². The Labute approximate surface area is 124 Å². The van der Waals surface area contributed by atoms with Gasteiger partial charge < -0.3 is 15.0 Å². The van der Waals surface area contributed by atoms with Crippen molar-refractivity contribution in [3.05, 3.63) is 60.2 Å². The molecule has 0 aromatic heterocycles. The van der Waals surface area contributed by atoms with Gasteiger partial charge in [0, 0.05) is 17.8 Å². The summed E-state index contributed by atoms with van der Waals surface area (Å²) in [4.78, 5) is 2.13. The highest BCUT2D eigenvalue weighted by molar-refractivity contribution is 7.80.